The monoisotopic (exact) mass is 219 g/mol. The van der Waals surface area contributed by atoms with Crippen molar-refractivity contribution in [1.29, 1.82) is 0 Å². The van der Waals surface area contributed by atoms with Crippen molar-refractivity contribution in [2.45, 2.75) is 44.6 Å². The molecule has 3 nitrogen and oxygen atoms in total. The first-order valence-electron chi connectivity index (χ1n) is 6.16. The molecule has 3 heteroatoms. The lowest BCUT2D eigenvalue weighted by Crippen LogP contribution is -2.24. The second kappa shape index (κ2) is 5.30. The van der Waals surface area contributed by atoms with Crippen molar-refractivity contribution >= 4 is 0 Å². The van der Waals surface area contributed by atoms with Gasteiger partial charge in [-0.05, 0) is 38.2 Å². The van der Waals surface area contributed by atoms with E-state index in [1.54, 1.807) is 5.57 Å². The summed E-state index contributed by atoms with van der Waals surface area (Å²) in [5.41, 5.74) is 8.81. The fourth-order valence-electron chi connectivity index (χ4n) is 2.34. The Bertz CT molecular complexity index is 365. The first-order chi connectivity index (χ1) is 7.74. The highest BCUT2D eigenvalue weighted by atomic mass is 15.2. The van der Waals surface area contributed by atoms with E-state index in [0.29, 0.717) is 0 Å². The van der Waals surface area contributed by atoms with Crippen LogP contribution < -0.4 is 5.73 Å². The lowest BCUT2D eigenvalue weighted by molar-refractivity contribution is 0.595. The van der Waals surface area contributed by atoms with Gasteiger partial charge in [-0.15, -0.1) is 0 Å². The summed E-state index contributed by atoms with van der Waals surface area (Å²) in [6.45, 7) is 0. The molecule has 0 fully saturated rings. The summed E-state index contributed by atoms with van der Waals surface area (Å²) in [6.07, 6.45) is 11.4. The molecular weight excluding hydrogens is 198 g/mol. The van der Waals surface area contributed by atoms with Crippen molar-refractivity contribution in [1.82, 2.24) is 9.78 Å². The van der Waals surface area contributed by atoms with Gasteiger partial charge in [0.15, 0.2) is 0 Å². The normalized spacial score (nSPS) is 18.2. The van der Waals surface area contributed by atoms with E-state index in [2.05, 4.69) is 17.2 Å². The molecule has 1 aliphatic rings. The third-order valence-electron chi connectivity index (χ3n) is 3.15. The van der Waals surface area contributed by atoms with Crippen LogP contribution in [0.15, 0.2) is 23.9 Å². The Kier molecular flexibility index (Phi) is 3.78. The summed E-state index contributed by atoms with van der Waals surface area (Å²) in [5, 5.41) is 4.36. The zero-order valence-corrected chi connectivity index (χ0v) is 10.0. The minimum Gasteiger partial charge on any atom is -0.327 e. The first-order valence-corrected chi connectivity index (χ1v) is 6.16. The van der Waals surface area contributed by atoms with E-state index in [1.807, 2.05) is 17.9 Å². The van der Waals surface area contributed by atoms with Crippen molar-refractivity contribution in [2.24, 2.45) is 12.8 Å². The largest absolute Gasteiger partial charge is 0.327 e. The molecule has 1 atom stereocenters. The van der Waals surface area contributed by atoms with Crippen LogP contribution >= 0.6 is 0 Å². The Morgan fingerprint density at radius 3 is 2.94 bits per heavy atom. The molecule has 1 aromatic heterocycles. The van der Waals surface area contributed by atoms with Crippen LogP contribution in [-0.4, -0.2) is 15.8 Å². The highest BCUT2D eigenvalue weighted by molar-refractivity contribution is 5.09. The van der Waals surface area contributed by atoms with Crippen LogP contribution in [0.3, 0.4) is 0 Å². The number of allylic oxidation sites excluding steroid dienone is 1. The summed E-state index contributed by atoms with van der Waals surface area (Å²) in [5.74, 6) is 0. The highest BCUT2D eigenvalue weighted by Crippen LogP contribution is 2.21. The molecule has 0 aromatic carbocycles. The van der Waals surface area contributed by atoms with Gasteiger partial charge in [-0.1, -0.05) is 11.6 Å². The molecule has 1 aromatic rings. The molecular formula is C13H21N3. The molecule has 88 valence electrons. The van der Waals surface area contributed by atoms with E-state index in [9.17, 15) is 0 Å². The van der Waals surface area contributed by atoms with Gasteiger partial charge in [0.25, 0.3) is 0 Å². The average Bonchev–Trinajstić information content (AvgIpc) is 2.65. The standard InChI is InChI=1S/C13H21N3/c1-16-8-7-13(15-16)10-12(14)9-11-5-3-2-4-6-11/h5,7-8,12H,2-4,6,9-10,14H2,1H3. The average molecular weight is 219 g/mol. The number of hydrogen-bond donors (Lipinski definition) is 1. The van der Waals surface area contributed by atoms with Crippen molar-refractivity contribution in [3.05, 3.63) is 29.6 Å². The SMILES string of the molecule is Cn1ccc(CC(N)CC2=CCCCC2)n1. The van der Waals surface area contributed by atoms with Crippen molar-refractivity contribution in [3.63, 3.8) is 0 Å². The van der Waals surface area contributed by atoms with E-state index >= 15 is 0 Å². The van der Waals surface area contributed by atoms with Crippen molar-refractivity contribution in [2.75, 3.05) is 0 Å². The van der Waals surface area contributed by atoms with E-state index in [-0.39, 0.29) is 6.04 Å². The summed E-state index contributed by atoms with van der Waals surface area (Å²) < 4.78 is 1.84. The number of nitrogens with two attached hydrogens (primary N) is 1. The summed E-state index contributed by atoms with van der Waals surface area (Å²) >= 11 is 0. The quantitative estimate of drug-likeness (QED) is 0.789. The topological polar surface area (TPSA) is 43.8 Å². The molecule has 0 saturated heterocycles. The fourth-order valence-corrected chi connectivity index (χ4v) is 2.34. The van der Waals surface area contributed by atoms with Gasteiger partial charge in [0.05, 0.1) is 5.69 Å². The number of aryl methyl sites for hydroxylation is 1. The van der Waals surface area contributed by atoms with Crippen LogP contribution in [0.4, 0.5) is 0 Å². The van der Waals surface area contributed by atoms with E-state index in [1.165, 1.54) is 25.7 Å². The second-order valence-corrected chi connectivity index (χ2v) is 4.76. The maximum Gasteiger partial charge on any atom is 0.0640 e. The smallest absolute Gasteiger partial charge is 0.0640 e. The molecule has 0 aliphatic heterocycles. The Morgan fingerprint density at radius 1 is 1.44 bits per heavy atom. The zero-order valence-electron chi connectivity index (χ0n) is 10.0. The van der Waals surface area contributed by atoms with Crippen LogP contribution in [0, 0.1) is 0 Å². The van der Waals surface area contributed by atoms with Gasteiger partial charge in [0, 0.05) is 25.7 Å². The van der Waals surface area contributed by atoms with Crippen LogP contribution in [0.5, 0.6) is 0 Å². The molecule has 0 radical (unpaired) electrons. The van der Waals surface area contributed by atoms with E-state index in [0.717, 1.165) is 18.5 Å². The van der Waals surface area contributed by atoms with Gasteiger partial charge >= 0.3 is 0 Å². The Hall–Kier alpha value is -1.09. The molecule has 1 aliphatic carbocycles. The maximum absolute atomic E-state index is 6.16. The molecule has 1 heterocycles. The predicted octanol–water partition coefficient (Wildman–Crippen LogP) is 2.18. The minimum atomic E-state index is 0.222. The first kappa shape index (κ1) is 11.4. The third kappa shape index (κ3) is 3.20. The van der Waals surface area contributed by atoms with Crippen LogP contribution in [-0.2, 0) is 13.5 Å². The highest BCUT2D eigenvalue weighted by Gasteiger charge is 2.10. The van der Waals surface area contributed by atoms with Gasteiger partial charge < -0.3 is 5.73 Å². The molecule has 0 amide bonds. The van der Waals surface area contributed by atoms with Crippen molar-refractivity contribution < 1.29 is 0 Å². The van der Waals surface area contributed by atoms with Crippen LogP contribution in [0.25, 0.3) is 0 Å². The molecule has 2 N–H and O–H groups in total. The Balaban J connectivity index is 1.83. The zero-order chi connectivity index (χ0) is 11.4. The summed E-state index contributed by atoms with van der Waals surface area (Å²) in [7, 11) is 1.94. The van der Waals surface area contributed by atoms with Crippen molar-refractivity contribution in [3.8, 4) is 0 Å². The molecule has 2 rings (SSSR count). The maximum atomic E-state index is 6.16. The molecule has 0 spiro atoms. The Labute approximate surface area is 97.3 Å². The van der Waals surface area contributed by atoms with Gasteiger partial charge in [0.2, 0.25) is 0 Å². The van der Waals surface area contributed by atoms with Crippen LogP contribution in [0.1, 0.15) is 37.8 Å². The van der Waals surface area contributed by atoms with E-state index < -0.39 is 0 Å². The lowest BCUT2D eigenvalue weighted by Gasteiger charge is -2.16. The fraction of sp³-hybridized carbons (Fsp3) is 0.615. The Morgan fingerprint density at radius 2 is 2.31 bits per heavy atom. The van der Waals surface area contributed by atoms with Gasteiger partial charge in [-0.25, -0.2) is 0 Å². The number of rotatable bonds is 4. The molecule has 0 bridgehead atoms. The van der Waals surface area contributed by atoms with Gasteiger partial charge in [-0.3, -0.25) is 4.68 Å². The predicted molar refractivity (Wildman–Crippen MR) is 66.1 cm³/mol. The summed E-state index contributed by atoms with van der Waals surface area (Å²) in [6, 6.07) is 2.27. The molecule has 16 heavy (non-hydrogen) atoms. The lowest BCUT2D eigenvalue weighted by atomic mass is 9.93. The second-order valence-electron chi connectivity index (χ2n) is 4.76. The number of hydrogen-bond acceptors (Lipinski definition) is 2. The molecule has 0 saturated carbocycles. The van der Waals surface area contributed by atoms with Gasteiger partial charge in [0.1, 0.15) is 0 Å². The molecule has 1 unspecified atom stereocenters. The third-order valence-corrected chi connectivity index (χ3v) is 3.15. The van der Waals surface area contributed by atoms with Crippen LogP contribution in [0.2, 0.25) is 0 Å². The minimum absolute atomic E-state index is 0.222. The summed E-state index contributed by atoms with van der Waals surface area (Å²) in [4.78, 5) is 0. The van der Waals surface area contributed by atoms with Gasteiger partial charge in [-0.2, -0.15) is 5.10 Å². The number of aromatic nitrogens is 2. The number of nitrogens with zero attached hydrogens (tertiary/aromatic N) is 2. The van der Waals surface area contributed by atoms with E-state index in [4.69, 9.17) is 5.73 Å².